The molecule has 0 saturated carbocycles. The maximum Gasteiger partial charge on any atom is 0.322 e. The number of hydrogen-bond donors (Lipinski definition) is 2. The minimum atomic E-state index is -1.12. The molecule has 2 N–H and O–H groups in total. The number of hydrogen-bond acceptors (Lipinski definition) is 4. The van der Waals surface area contributed by atoms with Gasteiger partial charge >= 0.3 is 6.03 Å². The van der Waals surface area contributed by atoms with Crippen LogP contribution in [0.3, 0.4) is 0 Å². The summed E-state index contributed by atoms with van der Waals surface area (Å²) in [6.07, 6.45) is 5.73. The van der Waals surface area contributed by atoms with E-state index >= 15 is 0 Å². The summed E-state index contributed by atoms with van der Waals surface area (Å²) in [5.41, 5.74) is 2.26. The van der Waals surface area contributed by atoms with Crippen molar-refractivity contribution in [1.29, 1.82) is 0 Å². The molecule has 0 bridgehead atoms. The SMILES string of the molecule is Cc1cnc2c(ccn2C2CCN(C(=O)c3ccc([C@@]4(C(C)C)NC(=O)NC4=O)cc3)CC2)c1. The summed E-state index contributed by atoms with van der Waals surface area (Å²) in [6, 6.07) is 11.1. The van der Waals surface area contributed by atoms with Crippen molar-refractivity contribution < 1.29 is 14.4 Å². The van der Waals surface area contributed by atoms with Gasteiger partial charge in [0, 0.05) is 42.5 Å². The highest BCUT2D eigenvalue weighted by atomic mass is 16.2. The summed E-state index contributed by atoms with van der Waals surface area (Å²) in [5, 5.41) is 6.26. The highest BCUT2D eigenvalue weighted by molar-refractivity contribution is 6.07. The Bertz CT molecular complexity index is 1270. The van der Waals surface area contributed by atoms with Crippen LogP contribution >= 0.6 is 0 Å². The molecule has 4 amide bonds. The zero-order valence-electron chi connectivity index (χ0n) is 19.7. The van der Waals surface area contributed by atoms with E-state index in [0.717, 1.165) is 29.4 Å². The molecular formula is C26H29N5O3. The van der Waals surface area contributed by atoms with Crippen molar-refractivity contribution in [2.24, 2.45) is 5.92 Å². The van der Waals surface area contributed by atoms with Crippen molar-refractivity contribution in [3.8, 4) is 0 Å². The molecule has 34 heavy (non-hydrogen) atoms. The normalized spacial score (nSPS) is 21.2. The molecule has 2 saturated heterocycles. The molecule has 2 aromatic heterocycles. The number of nitrogens with zero attached hydrogens (tertiary/aromatic N) is 3. The lowest BCUT2D eigenvalue weighted by atomic mass is 9.79. The molecule has 2 fully saturated rings. The van der Waals surface area contributed by atoms with Gasteiger partial charge in [-0.3, -0.25) is 14.9 Å². The van der Waals surface area contributed by atoms with Crippen molar-refractivity contribution in [1.82, 2.24) is 25.1 Å². The molecule has 2 aliphatic rings. The number of likely N-dealkylation sites (tertiary alicyclic amines) is 1. The molecule has 1 aromatic carbocycles. The monoisotopic (exact) mass is 459 g/mol. The van der Waals surface area contributed by atoms with Gasteiger partial charge in [-0.15, -0.1) is 0 Å². The molecular weight excluding hydrogens is 430 g/mol. The Morgan fingerprint density at radius 3 is 2.44 bits per heavy atom. The van der Waals surface area contributed by atoms with Crippen LogP contribution in [0.15, 0.2) is 48.8 Å². The molecule has 0 spiro atoms. The number of amides is 4. The number of carbonyl (C=O) groups excluding carboxylic acids is 3. The van der Waals surface area contributed by atoms with Crippen LogP contribution < -0.4 is 10.6 Å². The van der Waals surface area contributed by atoms with Crippen molar-refractivity contribution in [2.75, 3.05) is 13.1 Å². The highest BCUT2D eigenvalue weighted by Gasteiger charge is 2.50. The third-order valence-corrected chi connectivity index (χ3v) is 7.19. The molecule has 1 atom stereocenters. The molecule has 4 heterocycles. The Kier molecular flexibility index (Phi) is 5.38. The first kappa shape index (κ1) is 22.1. The summed E-state index contributed by atoms with van der Waals surface area (Å²) in [4.78, 5) is 44.0. The van der Waals surface area contributed by atoms with Gasteiger partial charge in [-0.1, -0.05) is 26.0 Å². The number of aryl methyl sites for hydroxylation is 1. The maximum atomic E-state index is 13.2. The number of nitrogens with one attached hydrogen (secondary N) is 2. The van der Waals surface area contributed by atoms with E-state index in [-0.39, 0.29) is 17.7 Å². The van der Waals surface area contributed by atoms with Gasteiger partial charge in [0.15, 0.2) is 0 Å². The van der Waals surface area contributed by atoms with E-state index in [0.29, 0.717) is 30.3 Å². The van der Waals surface area contributed by atoms with E-state index in [1.54, 1.807) is 24.3 Å². The number of fused-ring (bicyclic) bond motifs is 1. The van der Waals surface area contributed by atoms with E-state index in [9.17, 15) is 14.4 Å². The van der Waals surface area contributed by atoms with Crippen molar-refractivity contribution in [3.63, 3.8) is 0 Å². The average Bonchev–Trinajstić information content (AvgIpc) is 3.38. The first-order chi connectivity index (χ1) is 16.3. The fraction of sp³-hybridized carbons (Fsp3) is 0.385. The van der Waals surface area contributed by atoms with Gasteiger partial charge in [0.1, 0.15) is 11.2 Å². The third-order valence-electron chi connectivity index (χ3n) is 7.19. The highest BCUT2D eigenvalue weighted by Crippen LogP contribution is 2.33. The average molecular weight is 460 g/mol. The summed E-state index contributed by atoms with van der Waals surface area (Å²) >= 11 is 0. The number of rotatable bonds is 4. The van der Waals surface area contributed by atoms with Crippen LogP contribution in [0.1, 0.15) is 54.2 Å². The van der Waals surface area contributed by atoms with E-state index in [1.165, 1.54) is 0 Å². The van der Waals surface area contributed by atoms with Gasteiger partial charge in [-0.2, -0.15) is 0 Å². The number of carbonyl (C=O) groups is 3. The lowest BCUT2D eigenvalue weighted by Crippen LogP contribution is -2.48. The van der Waals surface area contributed by atoms with E-state index in [2.05, 4.69) is 38.5 Å². The minimum absolute atomic E-state index is 0.0189. The summed E-state index contributed by atoms with van der Waals surface area (Å²) < 4.78 is 2.23. The van der Waals surface area contributed by atoms with Crippen LogP contribution in [0.4, 0.5) is 4.79 Å². The second-order valence-corrected chi connectivity index (χ2v) is 9.62. The molecule has 0 unspecified atom stereocenters. The van der Waals surface area contributed by atoms with Gasteiger partial charge < -0.3 is 14.8 Å². The van der Waals surface area contributed by atoms with Crippen LogP contribution in [0.25, 0.3) is 11.0 Å². The molecule has 8 nitrogen and oxygen atoms in total. The van der Waals surface area contributed by atoms with Crippen LogP contribution in [0, 0.1) is 12.8 Å². The summed E-state index contributed by atoms with van der Waals surface area (Å²) in [6.45, 7) is 7.16. The van der Waals surface area contributed by atoms with E-state index in [4.69, 9.17) is 0 Å². The minimum Gasteiger partial charge on any atom is -0.338 e. The Hall–Kier alpha value is -3.68. The zero-order valence-corrected chi connectivity index (χ0v) is 19.7. The predicted octanol–water partition coefficient (Wildman–Crippen LogP) is 3.51. The molecule has 0 aliphatic carbocycles. The van der Waals surface area contributed by atoms with Gasteiger partial charge in [0.2, 0.25) is 0 Å². The van der Waals surface area contributed by atoms with Gasteiger partial charge in [0.25, 0.3) is 11.8 Å². The summed E-state index contributed by atoms with van der Waals surface area (Å²) in [5.74, 6) is -0.534. The topological polar surface area (TPSA) is 96.3 Å². The van der Waals surface area contributed by atoms with Gasteiger partial charge in [0.05, 0.1) is 0 Å². The van der Waals surface area contributed by atoms with Crippen LogP contribution in [-0.4, -0.2) is 45.4 Å². The first-order valence-corrected chi connectivity index (χ1v) is 11.8. The second kappa shape index (κ2) is 8.27. The lowest BCUT2D eigenvalue weighted by molar-refractivity contribution is -0.125. The standard InChI is InChI=1S/C26H29N5O3/c1-16(2)26(24(33)28-25(34)29-26)20-6-4-18(5-7-20)23(32)30-11-9-21(10-12-30)31-13-8-19-14-17(3)15-27-22(19)31/h4-8,13-16,21H,9-12H2,1-3H3,(H2,28,29,33,34)/t26-/m1/s1. The molecule has 8 heteroatoms. The quantitative estimate of drug-likeness (QED) is 0.584. The Morgan fingerprint density at radius 1 is 1.12 bits per heavy atom. The maximum absolute atomic E-state index is 13.2. The molecule has 3 aromatic rings. The Labute approximate surface area is 198 Å². The number of urea groups is 1. The van der Waals surface area contributed by atoms with Crippen LogP contribution in [0.5, 0.6) is 0 Å². The van der Waals surface area contributed by atoms with Crippen molar-refractivity contribution in [2.45, 2.75) is 45.2 Å². The molecule has 0 radical (unpaired) electrons. The Morgan fingerprint density at radius 2 is 1.82 bits per heavy atom. The summed E-state index contributed by atoms with van der Waals surface area (Å²) in [7, 11) is 0. The zero-order chi connectivity index (χ0) is 24.0. The number of benzene rings is 1. The van der Waals surface area contributed by atoms with Gasteiger partial charge in [-0.25, -0.2) is 9.78 Å². The number of piperidine rings is 1. The number of imide groups is 1. The largest absolute Gasteiger partial charge is 0.338 e. The van der Waals surface area contributed by atoms with Crippen molar-refractivity contribution >= 4 is 28.9 Å². The fourth-order valence-electron chi connectivity index (χ4n) is 5.27. The fourth-order valence-corrected chi connectivity index (χ4v) is 5.27. The third kappa shape index (κ3) is 3.54. The molecule has 2 aliphatic heterocycles. The first-order valence-electron chi connectivity index (χ1n) is 11.8. The molecule has 5 rings (SSSR count). The van der Waals surface area contributed by atoms with Crippen LogP contribution in [-0.2, 0) is 10.3 Å². The lowest BCUT2D eigenvalue weighted by Gasteiger charge is -2.33. The number of aromatic nitrogens is 2. The molecule has 176 valence electrons. The van der Waals surface area contributed by atoms with Crippen LogP contribution in [0.2, 0.25) is 0 Å². The number of pyridine rings is 1. The predicted molar refractivity (Wildman–Crippen MR) is 128 cm³/mol. The van der Waals surface area contributed by atoms with E-state index in [1.807, 2.05) is 31.9 Å². The van der Waals surface area contributed by atoms with Crippen molar-refractivity contribution in [3.05, 3.63) is 65.5 Å². The second-order valence-electron chi connectivity index (χ2n) is 9.62. The Balaban J connectivity index is 1.28. The van der Waals surface area contributed by atoms with Gasteiger partial charge in [-0.05, 0) is 61.1 Å². The van der Waals surface area contributed by atoms with E-state index < -0.39 is 11.6 Å². The smallest absolute Gasteiger partial charge is 0.322 e.